The largest absolute Gasteiger partial charge is 0.465 e. The van der Waals surface area contributed by atoms with Gasteiger partial charge in [-0.25, -0.2) is 0 Å². The number of ether oxygens (including phenoxy) is 1. The highest BCUT2D eigenvalue weighted by Crippen LogP contribution is 2.24. The van der Waals surface area contributed by atoms with Crippen LogP contribution in [0, 0.1) is 6.92 Å². The fourth-order valence-corrected chi connectivity index (χ4v) is 4.54. The normalized spacial score (nSPS) is 19.3. The highest BCUT2D eigenvalue weighted by atomic mass is 16.5. The Morgan fingerprint density at radius 2 is 1.62 bits per heavy atom. The average Bonchev–Trinajstić information content (AvgIpc) is 3.26. The fraction of sp³-hybridized carbons (Fsp3) is 0.560. The van der Waals surface area contributed by atoms with Crippen molar-refractivity contribution in [2.45, 2.75) is 32.9 Å². The van der Waals surface area contributed by atoms with E-state index in [-0.39, 0.29) is 11.9 Å². The molecule has 0 spiro atoms. The first-order valence-corrected chi connectivity index (χ1v) is 11.8. The van der Waals surface area contributed by atoms with Crippen LogP contribution in [0.4, 0.5) is 5.69 Å². The molecule has 2 fully saturated rings. The number of furan rings is 1. The van der Waals surface area contributed by atoms with Crippen molar-refractivity contribution in [3.8, 4) is 0 Å². The van der Waals surface area contributed by atoms with Crippen molar-refractivity contribution in [2.24, 2.45) is 0 Å². The molecule has 2 aliphatic rings. The van der Waals surface area contributed by atoms with Gasteiger partial charge in [0.1, 0.15) is 11.5 Å². The van der Waals surface area contributed by atoms with Crippen LogP contribution in [0.1, 0.15) is 41.8 Å². The molecule has 0 saturated carbocycles. The number of carbonyl (C=O) groups excluding carboxylic acids is 1. The quantitative estimate of drug-likeness (QED) is 0.714. The average molecular weight is 441 g/mol. The Kier molecular flexibility index (Phi) is 7.50. The topological polar surface area (TPSA) is 61.2 Å². The van der Waals surface area contributed by atoms with E-state index in [1.165, 1.54) is 5.69 Å². The third-order valence-electron chi connectivity index (χ3n) is 6.57. The van der Waals surface area contributed by atoms with Crippen molar-refractivity contribution in [2.75, 3.05) is 63.9 Å². The molecule has 1 atom stereocenters. The number of carbonyl (C=O) groups is 1. The second-order valence-electron chi connectivity index (χ2n) is 8.99. The van der Waals surface area contributed by atoms with E-state index in [1.54, 1.807) is 0 Å². The Morgan fingerprint density at radius 3 is 2.22 bits per heavy atom. The summed E-state index contributed by atoms with van der Waals surface area (Å²) < 4.78 is 11.4. The van der Waals surface area contributed by atoms with E-state index < -0.39 is 0 Å². The summed E-state index contributed by atoms with van der Waals surface area (Å²) in [6, 6.07) is 12.6. The van der Waals surface area contributed by atoms with Gasteiger partial charge in [-0.05, 0) is 57.2 Å². The van der Waals surface area contributed by atoms with Gasteiger partial charge < -0.3 is 19.4 Å². The van der Waals surface area contributed by atoms with Gasteiger partial charge in [-0.3, -0.25) is 14.6 Å². The van der Waals surface area contributed by atoms with Crippen LogP contribution in [0.25, 0.3) is 0 Å². The van der Waals surface area contributed by atoms with Gasteiger partial charge in [0.05, 0.1) is 19.3 Å². The second-order valence-corrected chi connectivity index (χ2v) is 8.99. The molecule has 2 saturated heterocycles. The minimum Gasteiger partial charge on any atom is -0.465 e. The van der Waals surface area contributed by atoms with E-state index in [9.17, 15) is 4.79 Å². The summed E-state index contributed by atoms with van der Waals surface area (Å²) in [7, 11) is 0. The second kappa shape index (κ2) is 10.5. The molecule has 1 aromatic heterocycles. The third kappa shape index (κ3) is 5.52. The van der Waals surface area contributed by atoms with Gasteiger partial charge in [0.2, 0.25) is 0 Å². The predicted molar refractivity (Wildman–Crippen MR) is 126 cm³/mol. The lowest BCUT2D eigenvalue weighted by Crippen LogP contribution is -2.48. The van der Waals surface area contributed by atoms with E-state index in [0.717, 1.165) is 50.8 Å². The van der Waals surface area contributed by atoms with Crippen LogP contribution in [-0.2, 0) is 4.74 Å². The molecule has 7 heteroatoms. The monoisotopic (exact) mass is 440 g/mol. The van der Waals surface area contributed by atoms with Crippen molar-refractivity contribution < 1.29 is 13.9 Å². The molecular formula is C25H36N4O3. The maximum Gasteiger partial charge on any atom is 0.251 e. The Labute approximate surface area is 191 Å². The van der Waals surface area contributed by atoms with E-state index in [4.69, 9.17) is 9.15 Å². The molecule has 1 aromatic carbocycles. The van der Waals surface area contributed by atoms with Gasteiger partial charge in [0.15, 0.2) is 0 Å². The van der Waals surface area contributed by atoms with Crippen molar-refractivity contribution >= 4 is 11.6 Å². The van der Waals surface area contributed by atoms with Crippen LogP contribution in [0.2, 0.25) is 0 Å². The molecule has 7 nitrogen and oxygen atoms in total. The lowest BCUT2D eigenvalue weighted by atomic mass is 10.1. The number of benzene rings is 1. The Bertz CT molecular complexity index is 866. The first kappa shape index (κ1) is 22.8. The zero-order valence-corrected chi connectivity index (χ0v) is 19.5. The summed E-state index contributed by atoms with van der Waals surface area (Å²) in [4.78, 5) is 20.1. The van der Waals surface area contributed by atoms with Crippen molar-refractivity contribution in [3.05, 3.63) is 53.5 Å². The van der Waals surface area contributed by atoms with Gasteiger partial charge >= 0.3 is 0 Å². The number of rotatable bonds is 7. The maximum atomic E-state index is 12.9. The molecular weight excluding hydrogens is 404 g/mol. The SMILES string of the molecule is Cc1ccc(C(CNC(=O)c2ccc(N3CCN(C(C)C)CC3)cc2)N2CCOCC2)o1. The van der Waals surface area contributed by atoms with E-state index in [0.29, 0.717) is 31.4 Å². The zero-order valence-electron chi connectivity index (χ0n) is 19.5. The van der Waals surface area contributed by atoms with Crippen molar-refractivity contribution in [1.29, 1.82) is 0 Å². The van der Waals surface area contributed by atoms with Gasteiger partial charge in [-0.15, -0.1) is 0 Å². The first-order chi connectivity index (χ1) is 15.5. The van der Waals surface area contributed by atoms with E-state index in [1.807, 2.05) is 31.2 Å². The summed E-state index contributed by atoms with van der Waals surface area (Å²) >= 11 is 0. The summed E-state index contributed by atoms with van der Waals surface area (Å²) in [5, 5.41) is 3.12. The number of hydrogen-bond donors (Lipinski definition) is 1. The van der Waals surface area contributed by atoms with E-state index in [2.05, 4.69) is 46.0 Å². The smallest absolute Gasteiger partial charge is 0.251 e. The van der Waals surface area contributed by atoms with Crippen molar-refractivity contribution in [1.82, 2.24) is 15.1 Å². The minimum absolute atomic E-state index is 0.00748. The van der Waals surface area contributed by atoms with Crippen LogP contribution in [0.3, 0.4) is 0 Å². The van der Waals surface area contributed by atoms with Gasteiger partial charge in [-0.2, -0.15) is 0 Å². The Balaban J connectivity index is 1.35. The molecule has 2 aliphatic heterocycles. The summed E-state index contributed by atoms with van der Waals surface area (Å²) in [5.41, 5.74) is 1.87. The molecule has 1 N–H and O–H groups in total. The summed E-state index contributed by atoms with van der Waals surface area (Å²) in [6.45, 7) is 14.2. The zero-order chi connectivity index (χ0) is 22.5. The standard InChI is InChI=1S/C25H36N4O3/c1-19(2)27-10-12-28(13-11-27)22-7-5-21(6-8-22)25(30)26-18-23(24-9-4-20(3)32-24)29-14-16-31-17-15-29/h4-9,19,23H,10-18H2,1-3H3,(H,26,30). The lowest BCUT2D eigenvalue weighted by molar-refractivity contribution is 0.0117. The van der Waals surface area contributed by atoms with Crippen LogP contribution in [-0.4, -0.2) is 80.8 Å². The molecule has 2 aromatic rings. The van der Waals surface area contributed by atoms with Crippen molar-refractivity contribution in [3.63, 3.8) is 0 Å². The molecule has 32 heavy (non-hydrogen) atoms. The summed E-state index contributed by atoms with van der Waals surface area (Å²) in [5.74, 6) is 1.72. The minimum atomic E-state index is -0.0530. The van der Waals surface area contributed by atoms with Gasteiger partial charge in [0, 0.05) is 63.1 Å². The number of nitrogens with zero attached hydrogens (tertiary/aromatic N) is 3. The molecule has 174 valence electrons. The van der Waals surface area contributed by atoms with Crippen LogP contribution in [0.5, 0.6) is 0 Å². The Morgan fingerprint density at radius 1 is 0.938 bits per heavy atom. The van der Waals surface area contributed by atoms with Gasteiger partial charge in [-0.1, -0.05) is 0 Å². The van der Waals surface area contributed by atoms with Crippen LogP contribution < -0.4 is 10.2 Å². The number of nitrogens with one attached hydrogen (secondary N) is 1. The highest BCUT2D eigenvalue weighted by molar-refractivity contribution is 5.94. The number of morpholine rings is 1. The molecule has 0 bridgehead atoms. The number of anilines is 1. The molecule has 0 radical (unpaired) electrons. The van der Waals surface area contributed by atoms with Gasteiger partial charge in [0.25, 0.3) is 5.91 Å². The highest BCUT2D eigenvalue weighted by Gasteiger charge is 2.26. The summed E-state index contributed by atoms with van der Waals surface area (Å²) in [6.07, 6.45) is 0. The fourth-order valence-electron chi connectivity index (χ4n) is 4.54. The number of amides is 1. The molecule has 0 aliphatic carbocycles. The number of aryl methyl sites for hydroxylation is 1. The molecule has 1 amide bonds. The number of hydrogen-bond acceptors (Lipinski definition) is 6. The van der Waals surface area contributed by atoms with Crippen LogP contribution >= 0.6 is 0 Å². The third-order valence-corrected chi connectivity index (χ3v) is 6.57. The molecule has 4 rings (SSSR count). The predicted octanol–water partition coefficient (Wildman–Crippen LogP) is 2.92. The van der Waals surface area contributed by atoms with Crippen LogP contribution in [0.15, 0.2) is 40.8 Å². The lowest BCUT2D eigenvalue weighted by Gasteiger charge is -2.38. The van der Waals surface area contributed by atoms with E-state index >= 15 is 0 Å². The molecule has 1 unspecified atom stereocenters. The maximum absolute atomic E-state index is 12.9. The molecule has 3 heterocycles. The Hall–Kier alpha value is -2.35. The number of piperazine rings is 1. The first-order valence-electron chi connectivity index (χ1n) is 11.8.